The van der Waals surface area contributed by atoms with Crippen molar-refractivity contribution in [3.05, 3.63) is 11.3 Å². The maximum Gasteiger partial charge on any atom is 0.510 e. The maximum atomic E-state index is 12.2. The Bertz CT molecular complexity index is 471. The molecular formula is C11H15N3O5. The van der Waals surface area contributed by atoms with E-state index in [1.54, 1.807) is 6.92 Å². The van der Waals surface area contributed by atoms with E-state index in [9.17, 15) is 9.59 Å². The number of hydrazone groups is 1. The van der Waals surface area contributed by atoms with Crippen LogP contribution in [0.25, 0.3) is 0 Å². The number of amides is 1. The van der Waals surface area contributed by atoms with Crippen molar-refractivity contribution < 1.29 is 23.8 Å². The number of carbonyl (C=O) groups excluding carboxylic acids is 2. The molecule has 0 aliphatic carbocycles. The fourth-order valence-corrected chi connectivity index (χ4v) is 2.02. The standard InChI is InChI=1S/C11H15N3O5/c1-6-8(17-2)9(15)14(7-4-5-12-13-7)10(6)19-11(16)18-3/h10,12H,4-5H2,1-3H3. The van der Waals surface area contributed by atoms with Crippen LogP contribution in [-0.2, 0) is 19.0 Å². The number of carbonyl (C=O) groups is 2. The van der Waals surface area contributed by atoms with Gasteiger partial charge in [-0.05, 0) is 6.92 Å². The molecule has 0 aromatic rings. The minimum absolute atomic E-state index is 0.156. The van der Waals surface area contributed by atoms with Crippen molar-refractivity contribution in [1.29, 1.82) is 0 Å². The highest BCUT2D eigenvalue weighted by Crippen LogP contribution is 2.28. The highest BCUT2D eigenvalue weighted by molar-refractivity contribution is 6.08. The molecule has 1 amide bonds. The molecule has 104 valence electrons. The van der Waals surface area contributed by atoms with E-state index in [4.69, 9.17) is 9.47 Å². The van der Waals surface area contributed by atoms with Crippen LogP contribution in [0.3, 0.4) is 0 Å². The molecule has 2 aliphatic heterocycles. The van der Waals surface area contributed by atoms with Crippen LogP contribution in [0.5, 0.6) is 0 Å². The van der Waals surface area contributed by atoms with Gasteiger partial charge in [0, 0.05) is 18.5 Å². The van der Waals surface area contributed by atoms with Gasteiger partial charge in [0.15, 0.2) is 5.76 Å². The number of hydrogen-bond acceptors (Lipinski definition) is 7. The molecule has 2 heterocycles. The Morgan fingerprint density at radius 3 is 2.74 bits per heavy atom. The molecule has 0 bridgehead atoms. The van der Waals surface area contributed by atoms with Gasteiger partial charge in [-0.15, -0.1) is 0 Å². The first kappa shape index (κ1) is 13.2. The van der Waals surface area contributed by atoms with Crippen LogP contribution < -0.4 is 5.43 Å². The highest BCUT2D eigenvalue weighted by atomic mass is 16.7. The van der Waals surface area contributed by atoms with Gasteiger partial charge in [-0.2, -0.15) is 5.10 Å². The zero-order chi connectivity index (χ0) is 14.0. The Morgan fingerprint density at radius 2 is 2.21 bits per heavy atom. The van der Waals surface area contributed by atoms with Crippen molar-refractivity contribution in [2.75, 3.05) is 20.8 Å². The summed E-state index contributed by atoms with van der Waals surface area (Å²) in [5.41, 5.74) is 3.28. The van der Waals surface area contributed by atoms with E-state index in [1.165, 1.54) is 19.1 Å². The lowest BCUT2D eigenvalue weighted by Gasteiger charge is -2.24. The van der Waals surface area contributed by atoms with Crippen LogP contribution in [0.1, 0.15) is 13.3 Å². The smallest absolute Gasteiger partial charge is 0.491 e. The number of methoxy groups -OCH3 is 2. The number of amidine groups is 1. The first-order valence-electron chi connectivity index (χ1n) is 5.72. The van der Waals surface area contributed by atoms with Crippen molar-refractivity contribution in [3.8, 4) is 0 Å². The third-order valence-electron chi connectivity index (χ3n) is 2.90. The van der Waals surface area contributed by atoms with E-state index < -0.39 is 12.4 Å². The first-order chi connectivity index (χ1) is 9.10. The molecule has 19 heavy (non-hydrogen) atoms. The molecule has 2 aliphatic rings. The van der Waals surface area contributed by atoms with Gasteiger partial charge in [0.05, 0.1) is 14.2 Å². The largest absolute Gasteiger partial charge is 0.510 e. The fraction of sp³-hybridized carbons (Fsp3) is 0.545. The van der Waals surface area contributed by atoms with Gasteiger partial charge >= 0.3 is 6.16 Å². The van der Waals surface area contributed by atoms with E-state index in [0.717, 1.165) is 0 Å². The second-order valence-corrected chi connectivity index (χ2v) is 4.00. The second kappa shape index (κ2) is 5.17. The SMILES string of the molecule is COC(=O)OC1C(C)=C(OC)C(=O)N1C1=NNCC1. The van der Waals surface area contributed by atoms with Gasteiger partial charge in [-0.1, -0.05) is 0 Å². The Kier molecular flexibility index (Phi) is 3.59. The van der Waals surface area contributed by atoms with Crippen LogP contribution in [0.4, 0.5) is 4.79 Å². The minimum Gasteiger partial charge on any atom is -0.491 e. The van der Waals surface area contributed by atoms with Gasteiger partial charge in [-0.25, -0.2) is 4.79 Å². The molecule has 0 saturated heterocycles. The summed E-state index contributed by atoms with van der Waals surface area (Å²) in [6.07, 6.45) is -1.18. The molecule has 0 saturated carbocycles. The van der Waals surface area contributed by atoms with Crippen molar-refractivity contribution >= 4 is 17.9 Å². The first-order valence-corrected chi connectivity index (χ1v) is 5.72. The third-order valence-corrected chi connectivity index (χ3v) is 2.90. The molecule has 0 aromatic heterocycles. The molecule has 1 N–H and O–H groups in total. The summed E-state index contributed by atoms with van der Waals surface area (Å²) in [6, 6.07) is 0. The predicted molar refractivity (Wildman–Crippen MR) is 63.9 cm³/mol. The number of ether oxygens (including phenoxy) is 3. The summed E-state index contributed by atoms with van der Waals surface area (Å²) in [5, 5.41) is 4.01. The number of rotatable bonds is 2. The summed E-state index contributed by atoms with van der Waals surface area (Å²) >= 11 is 0. The van der Waals surface area contributed by atoms with Gasteiger partial charge in [0.25, 0.3) is 5.91 Å². The van der Waals surface area contributed by atoms with Crippen molar-refractivity contribution in [2.45, 2.75) is 19.6 Å². The second-order valence-electron chi connectivity index (χ2n) is 4.00. The lowest BCUT2D eigenvalue weighted by atomic mass is 10.2. The van der Waals surface area contributed by atoms with E-state index in [1.807, 2.05) is 0 Å². The molecule has 1 unspecified atom stereocenters. The Balaban J connectivity index is 2.30. The summed E-state index contributed by atoms with van der Waals surface area (Å²) in [4.78, 5) is 24.8. The van der Waals surface area contributed by atoms with Gasteiger partial charge in [0.2, 0.25) is 6.23 Å². The average Bonchev–Trinajstić information content (AvgIpc) is 2.98. The summed E-state index contributed by atoms with van der Waals surface area (Å²) < 4.78 is 14.6. The molecule has 8 nitrogen and oxygen atoms in total. The van der Waals surface area contributed by atoms with Crippen LogP contribution >= 0.6 is 0 Å². The van der Waals surface area contributed by atoms with Gasteiger partial charge in [0.1, 0.15) is 5.84 Å². The topological polar surface area (TPSA) is 89.5 Å². The number of nitrogens with zero attached hydrogens (tertiary/aromatic N) is 2. The zero-order valence-corrected chi connectivity index (χ0v) is 10.9. The summed E-state index contributed by atoms with van der Waals surface area (Å²) in [6.45, 7) is 2.29. The molecule has 0 spiro atoms. The van der Waals surface area contributed by atoms with Crippen LogP contribution in [0.2, 0.25) is 0 Å². The van der Waals surface area contributed by atoms with Gasteiger partial charge < -0.3 is 19.6 Å². The monoisotopic (exact) mass is 269 g/mol. The summed E-state index contributed by atoms with van der Waals surface area (Å²) in [7, 11) is 2.60. The lowest BCUT2D eigenvalue weighted by Crippen LogP contribution is -2.42. The summed E-state index contributed by atoms with van der Waals surface area (Å²) in [5.74, 6) is 0.283. The fourth-order valence-electron chi connectivity index (χ4n) is 2.02. The van der Waals surface area contributed by atoms with Crippen LogP contribution in [-0.4, -0.2) is 49.8 Å². The number of nitrogens with one attached hydrogen (secondary N) is 1. The maximum absolute atomic E-state index is 12.2. The quantitative estimate of drug-likeness (QED) is 0.718. The Labute approximate surface area is 110 Å². The average molecular weight is 269 g/mol. The van der Waals surface area contributed by atoms with E-state index in [-0.39, 0.29) is 11.7 Å². The molecule has 8 heteroatoms. The minimum atomic E-state index is -0.881. The molecular weight excluding hydrogens is 254 g/mol. The third kappa shape index (κ3) is 2.20. The van der Waals surface area contributed by atoms with Gasteiger partial charge in [-0.3, -0.25) is 9.69 Å². The van der Waals surface area contributed by atoms with Crippen LogP contribution in [0, 0.1) is 0 Å². The van der Waals surface area contributed by atoms with E-state index in [0.29, 0.717) is 24.4 Å². The normalized spacial score (nSPS) is 22.3. The molecule has 2 rings (SSSR count). The predicted octanol–water partition coefficient (Wildman–Crippen LogP) is 0.165. The van der Waals surface area contributed by atoms with Crippen LogP contribution in [0.15, 0.2) is 16.4 Å². The molecule has 0 fully saturated rings. The highest BCUT2D eigenvalue weighted by Gasteiger charge is 2.44. The Hall–Kier alpha value is -2.25. The number of hydrogen-bond donors (Lipinski definition) is 1. The lowest BCUT2D eigenvalue weighted by molar-refractivity contribution is -0.129. The van der Waals surface area contributed by atoms with E-state index >= 15 is 0 Å². The van der Waals surface area contributed by atoms with E-state index in [2.05, 4.69) is 15.3 Å². The zero-order valence-electron chi connectivity index (χ0n) is 10.9. The van der Waals surface area contributed by atoms with Crippen molar-refractivity contribution in [1.82, 2.24) is 10.3 Å². The van der Waals surface area contributed by atoms with Crippen molar-refractivity contribution in [2.24, 2.45) is 5.10 Å². The molecule has 0 aromatic carbocycles. The molecule has 1 atom stereocenters. The Morgan fingerprint density at radius 1 is 1.47 bits per heavy atom. The molecule has 0 radical (unpaired) electrons. The van der Waals surface area contributed by atoms with Crippen molar-refractivity contribution in [3.63, 3.8) is 0 Å².